The van der Waals surface area contributed by atoms with Gasteiger partial charge in [0, 0.05) is 17.7 Å². The Morgan fingerprint density at radius 1 is 0.882 bits per heavy atom. The van der Waals surface area contributed by atoms with Gasteiger partial charge in [-0.25, -0.2) is 4.98 Å². The lowest BCUT2D eigenvalue weighted by Gasteiger charge is -2.07. The minimum absolute atomic E-state index is 0.142. The molecule has 0 atom stereocenters. The van der Waals surface area contributed by atoms with Crippen LogP contribution in [0.5, 0.6) is 11.5 Å². The highest BCUT2D eigenvalue weighted by Gasteiger charge is 2.13. The summed E-state index contributed by atoms with van der Waals surface area (Å²) < 4.78 is 17.1. The number of carbonyl (C=O) groups is 1. The number of aryl methyl sites for hydroxylation is 2. The Bertz CT molecular complexity index is 1230. The lowest BCUT2D eigenvalue weighted by molar-refractivity contribution is 0.0951. The zero-order chi connectivity index (χ0) is 23.9. The topological polar surface area (TPSA) is 73.6 Å². The molecule has 3 aromatic carbocycles. The van der Waals surface area contributed by atoms with Gasteiger partial charge >= 0.3 is 0 Å². The first-order valence-corrected chi connectivity index (χ1v) is 11.3. The number of aromatic nitrogens is 1. The fourth-order valence-corrected chi connectivity index (χ4v) is 3.39. The molecule has 0 unspecified atom stereocenters. The zero-order valence-electron chi connectivity index (χ0n) is 19.6. The number of amides is 1. The van der Waals surface area contributed by atoms with Gasteiger partial charge in [-0.3, -0.25) is 4.79 Å². The summed E-state index contributed by atoms with van der Waals surface area (Å²) in [4.78, 5) is 17.1. The molecule has 0 aliphatic heterocycles. The van der Waals surface area contributed by atoms with Gasteiger partial charge in [0.05, 0.1) is 6.61 Å². The van der Waals surface area contributed by atoms with Crippen molar-refractivity contribution in [1.82, 2.24) is 10.3 Å². The first-order valence-electron chi connectivity index (χ1n) is 11.3. The van der Waals surface area contributed by atoms with Crippen LogP contribution in [0.1, 0.15) is 39.9 Å². The van der Waals surface area contributed by atoms with E-state index in [4.69, 9.17) is 13.9 Å². The second-order valence-corrected chi connectivity index (χ2v) is 7.96. The molecule has 0 bridgehead atoms. The molecule has 1 N–H and O–H groups in total. The van der Waals surface area contributed by atoms with Crippen molar-refractivity contribution in [3.8, 4) is 23.0 Å². The van der Waals surface area contributed by atoms with E-state index in [0.717, 1.165) is 28.3 Å². The molecular formula is C28H28N2O4. The van der Waals surface area contributed by atoms with E-state index in [1.807, 2.05) is 81.4 Å². The van der Waals surface area contributed by atoms with Crippen LogP contribution >= 0.6 is 0 Å². The van der Waals surface area contributed by atoms with Gasteiger partial charge < -0.3 is 19.2 Å². The molecule has 0 aliphatic rings. The molecule has 0 saturated carbocycles. The van der Waals surface area contributed by atoms with Crippen LogP contribution in [-0.2, 0) is 13.2 Å². The van der Waals surface area contributed by atoms with Crippen molar-refractivity contribution in [3.05, 3.63) is 101 Å². The zero-order valence-corrected chi connectivity index (χ0v) is 19.6. The molecule has 1 aromatic heterocycles. The van der Waals surface area contributed by atoms with Crippen LogP contribution in [0.25, 0.3) is 11.5 Å². The molecule has 0 spiro atoms. The van der Waals surface area contributed by atoms with Crippen molar-refractivity contribution >= 4 is 5.91 Å². The Morgan fingerprint density at radius 3 is 2.21 bits per heavy atom. The van der Waals surface area contributed by atoms with E-state index in [1.165, 1.54) is 5.56 Å². The van der Waals surface area contributed by atoms with E-state index in [0.29, 0.717) is 37.0 Å². The summed E-state index contributed by atoms with van der Waals surface area (Å²) in [7, 11) is 0. The first kappa shape index (κ1) is 23.1. The van der Waals surface area contributed by atoms with E-state index in [9.17, 15) is 4.79 Å². The Balaban J connectivity index is 1.34. The summed E-state index contributed by atoms with van der Waals surface area (Å²) >= 11 is 0. The number of benzene rings is 3. The second kappa shape index (κ2) is 10.7. The molecule has 174 valence electrons. The summed E-state index contributed by atoms with van der Waals surface area (Å²) in [5.74, 6) is 2.67. The second-order valence-electron chi connectivity index (χ2n) is 7.96. The van der Waals surface area contributed by atoms with Gasteiger partial charge in [-0.15, -0.1) is 0 Å². The van der Waals surface area contributed by atoms with Crippen LogP contribution in [0.2, 0.25) is 0 Å². The van der Waals surface area contributed by atoms with Crippen LogP contribution < -0.4 is 14.8 Å². The van der Waals surface area contributed by atoms with E-state index < -0.39 is 0 Å². The number of rotatable bonds is 9. The maximum Gasteiger partial charge on any atom is 0.251 e. The fraction of sp³-hybridized carbons (Fsp3) is 0.214. The quantitative estimate of drug-likeness (QED) is 0.341. The Labute approximate surface area is 199 Å². The molecule has 0 fully saturated rings. The molecule has 4 rings (SSSR count). The minimum atomic E-state index is -0.142. The molecular weight excluding hydrogens is 428 g/mol. The third-order valence-electron chi connectivity index (χ3n) is 5.37. The number of nitrogens with one attached hydrogen (secondary N) is 1. The van der Waals surface area contributed by atoms with Gasteiger partial charge in [-0.1, -0.05) is 29.8 Å². The summed E-state index contributed by atoms with van der Waals surface area (Å²) in [6, 6.07) is 22.8. The van der Waals surface area contributed by atoms with Gasteiger partial charge in [-0.2, -0.15) is 0 Å². The number of oxazole rings is 1. The van der Waals surface area contributed by atoms with Crippen LogP contribution in [0.3, 0.4) is 0 Å². The van der Waals surface area contributed by atoms with Crippen LogP contribution in [0.4, 0.5) is 0 Å². The average Bonchev–Trinajstić information content (AvgIpc) is 3.24. The summed E-state index contributed by atoms with van der Waals surface area (Å²) in [5, 5.41) is 2.94. The van der Waals surface area contributed by atoms with E-state index in [-0.39, 0.29) is 5.91 Å². The van der Waals surface area contributed by atoms with Crippen molar-refractivity contribution in [2.75, 3.05) is 6.61 Å². The summed E-state index contributed by atoms with van der Waals surface area (Å²) in [5.41, 5.74) is 4.30. The highest BCUT2D eigenvalue weighted by Crippen LogP contribution is 2.23. The standard InChI is InChI=1S/C28H28N2O4/c1-4-32-24-15-7-21(8-16-24)17-29-27(31)22-9-11-23(12-10-22)28-30-26(20(3)34-28)18-33-25-13-5-19(2)6-14-25/h5-16H,4,17-18H2,1-3H3,(H,29,31). The number of carbonyl (C=O) groups excluding carboxylic acids is 1. The number of hydrogen-bond donors (Lipinski definition) is 1. The lowest BCUT2D eigenvalue weighted by atomic mass is 10.1. The molecule has 0 saturated heterocycles. The van der Waals surface area contributed by atoms with Crippen molar-refractivity contribution < 1.29 is 18.7 Å². The Kier molecular flexibility index (Phi) is 7.28. The Morgan fingerprint density at radius 2 is 1.53 bits per heavy atom. The lowest BCUT2D eigenvalue weighted by Crippen LogP contribution is -2.22. The number of ether oxygens (including phenoxy) is 2. The highest BCUT2D eigenvalue weighted by atomic mass is 16.5. The SMILES string of the molecule is CCOc1ccc(CNC(=O)c2ccc(-c3nc(COc4ccc(C)cc4)c(C)o3)cc2)cc1. The number of nitrogens with zero attached hydrogens (tertiary/aromatic N) is 1. The summed E-state index contributed by atoms with van der Waals surface area (Å²) in [6.07, 6.45) is 0. The predicted molar refractivity (Wildman–Crippen MR) is 131 cm³/mol. The van der Waals surface area contributed by atoms with Gasteiger partial charge in [0.15, 0.2) is 0 Å². The molecule has 6 nitrogen and oxygen atoms in total. The molecule has 0 aliphatic carbocycles. The van der Waals surface area contributed by atoms with E-state index in [2.05, 4.69) is 10.3 Å². The van der Waals surface area contributed by atoms with Gasteiger partial charge in [0.1, 0.15) is 29.6 Å². The number of hydrogen-bond acceptors (Lipinski definition) is 5. The van der Waals surface area contributed by atoms with Crippen molar-refractivity contribution in [3.63, 3.8) is 0 Å². The highest BCUT2D eigenvalue weighted by molar-refractivity contribution is 5.94. The predicted octanol–water partition coefficient (Wildman–Crippen LogP) is 5.87. The largest absolute Gasteiger partial charge is 0.494 e. The smallest absolute Gasteiger partial charge is 0.251 e. The summed E-state index contributed by atoms with van der Waals surface area (Å²) in [6.45, 7) is 7.24. The molecule has 34 heavy (non-hydrogen) atoms. The van der Waals surface area contributed by atoms with Gasteiger partial charge in [0.25, 0.3) is 5.91 Å². The third kappa shape index (κ3) is 5.84. The van der Waals surface area contributed by atoms with Gasteiger partial charge in [0.2, 0.25) is 5.89 Å². The van der Waals surface area contributed by atoms with E-state index in [1.54, 1.807) is 12.1 Å². The van der Waals surface area contributed by atoms with Crippen LogP contribution in [-0.4, -0.2) is 17.5 Å². The van der Waals surface area contributed by atoms with Gasteiger partial charge in [-0.05, 0) is 74.9 Å². The molecule has 1 amide bonds. The van der Waals surface area contributed by atoms with Crippen molar-refractivity contribution in [1.29, 1.82) is 0 Å². The minimum Gasteiger partial charge on any atom is -0.494 e. The molecule has 0 radical (unpaired) electrons. The third-order valence-corrected chi connectivity index (χ3v) is 5.37. The van der Waals surface area contributed by atoms with Crippen molar-refractivity contribution in [2.45, 2.75) is 33.9 Å². The van der Waals surface area contributed by atoms with Crippen LogP contribution in [0.15, 0.2) is 77.2 Å². The molecule has 4 aromatic rings. The average molecular weight is 457 g/mol. The maximum atomic E-state index is 12.5. The van der Waals surface area contributed by atoms with Crippen LogP contribution in [0, 0.1) is 13.8 Å². The first-order chi connectivity index (χ1) is 16.5. The Hall–Kier alpha value is -4.06. The van der Waals surface area contributed by atoms with E-state index >= 15 is 0 Å². The van der Waals surface area contributed by atoms with Crippen molar-refractivity contribution in [2.24, 2.45) is 0 Å². The normalized spacial score (nSPS) is 10.7. The molecule has 1 heterocycles. The maximum absolute atomic E-state index is 12.5. The molecule has 6 heteroatoms. The monoisotopic (exact) mass is 456 g/mol. The fourth-order valence-electron chi connectivity index (χ4n) is 3.39.